The predicted octanol–water partition coefficient (Wildman–Crippen LogP) is 1.16. The highest BCUT2D eigenvalue weighted by Gasteiger charge is 2.20. The molecule has 0 radical (unpaired) electrons. The zero-order chi connectivity index (χ0) is 16.9. The Balaban J connectivity index is 1.40. The van der Waals surface area contributed by atoms with Gasteiger partial charge in [0.2, 0.25) is 0 Å². The zero-order valence-electron chi connectivity index (χ0n) is 14.5. The second kappa shape index (κ2) is 8.19. The minimum absolute atomic E-state index is 0.237. The van der Waals surface area contributed by atoms with Crippen molar-refractivity contribution in [2.45, 2.75) is 6.04 Å². The molecule has 1 atom stereocenters. The fraction of sp³-hybridized carbons (Fsp3) is 0.579. The van der Waals surface area contributed by atoms with E-state index in [1.54, 1.807) is 0 Å². The zero-order valence-corrected chi connectivity index (χ0v) is 14.5. The van der Waals surface area contributed by atoms with E-state index in [9.17, 15) is 0 Å². The van der Waals surface area contributed by atoms with Crippen LogP contribution in [0.2, 0.25) is 0 Å². The summed E-state index contributed by atoms with van der Waals surface area (Å²) in [5, 5.41) is 3.40. The summed E-state index contributed by atoms with van der Waals surface area (Å²) in [5.41, 5.74) is 2.40. The Morgan fingerprint density at radius 2 is 2.08 bits per heavy atom. The molecule has 0 aromatic heterocycles. The maximum Gasteiger partial charge on any atom is 0.168 e. The summed E-state index contributed by atoms with van der Waals surface area (Å²) in [5.74, 6) is 1.66. The Labute approximate surface area is 148 Å². The molecule has 3 heterocycles. The maximum absolute atomic E-state index is 6.05. The summed E-state index contributed by atoms with van der Waals surface area (Å²) in [6.07, 6.45) is 2.24. The van der Waals surface area contributed by atoms with Crippen LogP contribution < -0.4 is 14.8 Å². The Bertz CT molecular complexity index is 607. The molecule has 6 heteroatoms. The number of para-hydroxylation sites is 1. The first-order chi connectivity index (χ1) is 12.4. The highest BCUT2D eigenvalue weighted by atomic mass is 16.5. The quantitative estimate of drug-likeness (QED) is 0.864. The third-order valence-corrected chi connectivity index (χ3v) is 4.74. The molecule has 2 saturated heterocycles. The van der Waals surface area contributed by atoms with Gasteiger partial charge in [-0.2, -0.15) is 0 Å². The van der Waals surface area contributed by atoms with Crippen LogP contribution >= 0.6 is 0 Å². The van der Waals surface area contributed by atoms with Crippen LogP contribution in [-0.4, -0.2) is 76.8 Å². The highest BCUT2D eigenvalue weighted by molar-refractivity contribution is 5.66. The van der Waals surface area contributed by atoms with E-state index in [1.807, 2.05) is 12.1 Å². The fourth-order valence-corrected chi connectivity index (χ4v) is 3.40. The van der Waals surface area contributed by atoms with Gasteiger partial charge in [-0.15, -0.1) is 0 Å². The van der Waals surface area contributed by atoms with Crippen LogP contribution in [0.4, 0.5) is 0 Å². The normalized spacial score (nSPS) is 24.2. The van der Waals surface area contributed by atoms with E-state index in [0.717, 1.165) is 63.1 Å². The monoisotopic (exact) mass is 346 g/mol. The summed E-state index contributed by atoms with van der Waals surface area (Å²) in [4.78, 5) is 2.42. The van der Waals surface area contributed by atoms with Crippen LogP contribution in [0.15, 0.2) is 23.8 Å². The van der Waals surface area contributed by atoms with Crippen molar-refractivity contribution in [2.75, 3.05) is 65.8 Å². The van der Waals surface area contributed by atoms with Crippen LogP contribution in [-0.2, 0) is 9.47 Å². The summed E-state index contributed by atoms with van der Waals surface area (Å²) in [6.45, 7) is 8.12. The standard InChI is InChI=1S/C19H26N2O4/c1-2-16-10-15(11-21-5-8-22-9-6-21)12-25-19(16)18(3-1)24-14-17-13-23-7-4-20-17/h1-3,10,17,20H,4-9,11-14H2. The average molecular weight is 346 g/mol. The summed E-state index contributed by atoms with van der Waals surface area (Å²) < 4.78 is 22.9. The number of hydrogen-bond acceptors (Lipinski definition) is 6. The molecule has 25 heavy (non-hydrogen) atoms. The molecule has 0 aliphatic carbocycles. The Morgan fingerprint density at radius 1 is 1.16 bits per heavy atom. The Hall–Kier alpha value is -1.60. The van der Waals surface area contributed by atoms with Gasteiger partial charge < -0.3 is 24.3 Å². The Kier molecular flexibility index (Phi) is 5.52. The van der Waals surface area contributed by atoms with Gasteiger partial charge in [0.05, 0.1) is 32.5 Å². The lowest BCUT2D eigenvalue weighted by Gasteiger charge is -2.29. The molecule has 0 saturated carbocycles. The second-order valence-corrected chi connectivity index (χ2v) is 6.69. The van der Waals surface area contributed by atoms with E-state index in [4.69, 9.17) is 18.9 Å². The number of ether oxygens (including phenoxy) is 4. The second-order valence-electron chi connectivity index (χ2n) is 6.69. The third kappa shape index (κ3) is 4.33. The van der Waals surface area contributed by atoms with E-state index < -0.39 is 0 Å². The molecule has 136 valence electrons. The molecule has 0 amide bonds. The van der Waals surface area contributed by atoms with Gasteiger partial charge in [0, 0.05) is 31.7 Å². The molecule has 3 aliphatic heterocycles. The summed E-state index contributed by atoms with van der Waals surface area (Å²) >= 11 is 0. The fourth-order valence-electron chi connectivity index (χ4n) is 3.40. The number of nitrogens with zero attached hydrogens (tertiary/aromatic N) is 1. The van der Waals surface area contributed by atoms with Gasteiger partial charge in [0.15, 0.2) is 11.5 Å². The maximum atomic E-state index is 6.05. The molecule has 4 rings (SSSR count). The molecule has 1 N–H and O–H groups in total. The number of rotatable bonds is 5. The average Bonchev–Trinajstić information content (AvgIpc) is 2.68. The van der Waals surface area contributed by atoms with Crippen molar-refractivity contribution in [3.8, 4) is 11.5 Å². The van der Waals surface area contributed by atoms with E-state index in [-0.39, 0.29) is 6.04 Å². The van der Waals surface area contributed by atoms with Crippen molar-refractivity contribution < 1.29 is 18.9 Å². The van der Waals surface area contributed by atoms with Crippen LogP contribution in [0.5, 0.6) is 11.5 Å². The predicted molar refractivity (Wildman–Crippen MR) is 95.3 cm³/mol. The van der Waals surface area contributed by atoms with Gasteiger partial charge in [0.25, 0.3) is 0 Å². The topological polar surface area (TPSA) is 52.2 Å². The lowest BCUT2D eigenvalue weighted by atomic mass is 10.1. The van der Waals surface area contributed by atoms with E-state index in [2.05, 4.69) is 22.4 Å². The van der Waals surface area contributed by atoms with Gasteiger partial charge >= 0.3 is 0 Å². The van der Waals surface area contributed by atoms with Crippen LogP contribution in [0.25, 0.3) is 6.08 Å². The first kappa shape index (κ1) is 16.8. The molecule has 1 unspecified atom stereocenters. The van der Waals surface area contributed by atoms with Gasteiger partial charge in [0.1, 0.15) is 13.2 Å². The molecule has 1 aromatic carbocycles. The van der Waals surface area contributed by atoms with Crippen molar-refractivity contribution in [3.05, 3.63) is 29.3 Å². The van der Waals surface area contributed by atoms with Gasteiger partial charge in [-0.25, -0.2) is 0 Å². The number of nitrogens with one attached hydrogen (secondary N) is 1. The third-order valence-electron chi connectivity index (χ3n) is 4.74. The van der Waals surface area contributed by atoms with Gasteiger partial charge in [-0.3, -0.25) is 4.90 Å². The van der Waals surface area contributed by atoms with Gasteiger partial charge in [-0.05, 0) is 17.7 Å². The lowest BCUT2D eigenvalue weighted by molar-refractivity contribution is 0.0413. The minimum Gasteiger partial charge on any atom is -0.488 e. The van der Waals surface area contributed by atoms with Crippen molar-refractivity contribution >= 4 is 6.08 Å². The van der Waals surface area contributed by atoms with E-state index >= 15 is 0 Å². The summed E-state index contributed by atoms with van der Waals surface area (Å²) in [7, 11) is 0. The number of hydrogen-bond donors (Lipinski definition) is 1. The molecule has 0 bridgehead atoms. The summed E-state index contributed by atoms with van der Waals surface area (Å²) in [6, 6.07) is 6.32. The number of morpholine rings is 2. The molecule has 6 nitrogen and oxygen atoms in total. The lowest BCUT2D eigenvalue weighted by Crippen LogP contribution is -2.44. The molecular weight excluding hydrogens is 320 g/mol. The van der Waals surface area contributed by atoms with Crippen molar-refractivity contribution in [1.29, 1.82) is 0 Å². The molecule has 0 spiro atoms. The van der Waals surface area contributed by atoms with Crippen molar-refractivity contribution in [2.24, 2.45) is 0 Å². The smallest absolute Gasteiger partial charge is 0.168 e. The van der Waals surface area contributed by atoms with Gasteiger partial charge in [-0.1, -0.05) is 12.1 Å². The van der Waals surface area contributed by atoms with Crippen LogP contribution in [0, 0.1) is 0 Å². The SMILES string of the molecule is C1=C(CN2CCOCC2)COc2c1cccc2OCC1COCCN1. The number of fused-ring (bicyclic) bond motifs is 1. The first-order valence-electron chi connectivity index (χ1n) is 9.08. The van der Waals surface area contributed by atoms with E-state index in [1.165, 1.54) is 5.57 Å². The van der Waals surface area contributed by atoms with Crippen LogP contribution in [0.1, 0.15) is 5.56 Å². The van der Waals surface area contributed by atoms with E-state index in [0.29, 0.717) is 19.8 Å². The molecule has 2 fully saturated rings. The highest BCUT2D eigenvalue weighted by Crippen LogP contribution is 2.36. The Morgan fingerprint density at radius 3 is 2.92 bits per heavy atom. The van der Waals surface area contributed by atoms with Crippen molar-refractivity contribution in [1.82, 2.24) is 10.2 Å². The first-order valence-corrected chi connectivity index (χ1v) is 9.08. The molecule has 1 aromatic rings. The largest absolute Gasteiger partial charge is 0.488 e. The molecular formula is C19H26N2O4. The minimum atomic E-state index is 0.237. The van der Waals surface area contributed by atoms with Crippen LogP contribution in [0.3, 0.4) is 0 Å². The number of benzene rings is 1. The molecule has 3 aliphatic rings. The van der Waals surface area contributed by atoms with Crippen molar-refractivity contribution in [3.63, 3.8) is 0 Å².